The lowest BCUT2D eigenvalue weighted by Crippen LogP contribution is -2.29. The van der Waals surface area contributed by atoms with Gasteiger partial charge in [0.25, 0.3) is 11.8 Å². The molecule has 9 nitrogen and oxygen atoms in total. The van der Waals surface area contributed by atoms with E-state index in [9.17, 15) is 19.6 Å². The standard InChI is InChI=1S/C24H27N5O4S/c1-28(15-18-9-5-4-8-17(18)13-25)24(32)22-19(27-16-29-10-6-3-7-11-29)12-20(34-22)23(31)26-14-21(30)33-2/h4-5,8-9,12,16H,3,6-7,10-11,14-15H2,1-2H3,(H,26,31). The lowest BCUT2D eigenvalue weighted by Gasteiger charge is -2.23. The Morgan fingerprint density at radius 3 is 2.71 bits per heavy atom. The molecule has 34 heavy (non-hydrogen) atoms. The highest BCUT2D eigenvalue weighted by Crippen LogP contribution is 2.31. The first kappa shape index (κ1) is 24.9. The van der Waals surface area contributed by atoms with Crippen molar-refractivity contribution in [1.29, 1.82) is 5.26 Å². The molecule has 0 spiro atoms. The number of likely N-dealkylation sites (tertiary alicyclic amines) is 1. The van der Waals surface area contributed by atoms with Gasteiger partial charge in [-0.15, -0.1) is 11.3 Å². The SMILES string of the molecule is COC(=O)CNC(=O)c1cc(N=CN2CCCCC2)c(C(=O)N(C)Cc2ccccc2C#N)s1. The normalized spacial score (nSPS) is 13.4. The van der Waals surface area contributed by atoms with Crippen molar-refractivity contribution in [1.82, 2.24) is 15.1 Å². The van der Waals surface area contributed by atoms with E-state index in [-0.39, 0.29) is 23.9 Å². The Morgan fingerprint density at radius 2 is 2.00 bits per heavy atom. The summed E-state index contributed by atoms with van der Waals surface area (Å²) >= 11 is 1.02. The summed E-state index contributed by atoms with van der Waals surface area (Å²) in [4.78, 5) is 46.0. The third kappa shape index (κ3) is 6.42. The molecule has 10 heteroatoms. The molecule has 1 saturated heterocycles. The number of benzene rings is 1. The van der Waals surface area contributed by atoms with Gasteiger partial charge in [0.15, 0.2) is 0 Å². The molecule has 2 aromatic rings. The molecule has 0 aliphatic carbocycles. The number of carbonyl (C=O) groups excluding carboxylic acids is 3. The number of aliphatic imine (C=N–C) groups is 1. The number of ether oxygens (including phenoxy) is 1. The number of thiophene rings is 1. The minimum Gasteiger partial charge on any atom is -0.468 e. The van der Waals surface area contributed by atoms with Crippen LogP contribution in [0.2, 0.25) is 0 Å². The Bertz CT molecular complexity index is 1110. The maximum atomic E-state index is 13.3. The van der Waals surface area contributed by atoms with E-state index in [2.05, 4.69) is 26.0 Å². The molecule has 2 heterocycles. The first-order chi connectivity index (χ1) is 16.4. The molecule has 0 unspecified atom stereocenters. The summed E-state index contributed by atoms with van der Waals surface area (Å²) in [6, 6.07) is 10.8. The number of piperidine rings is 1. The van der Waals surface area contributed by atoms with Crippen molar-refractivity contribution in [3.05, 3.63) is 51.2 Å². The number of rotatable bonds is 8. The molecule has 0 atom stereocenters. The topological polar surface area (TPSA) is 115 Å². The molecular weight excluding hydrogens is 454 g/mol. The van der Waals surface area contributed by atoms with E-state index in [0.29, 0.717) is 16.1 Å². The lowest BCUT2D eigenvalue weighted by atomic mass is 10.1. The van der Waals surface area contributed by atoms with Crippen LogP contribution >= 0.6 is 11.3 Å². The molecule has 1 fully saturated rings. The molecule has 0 radical (unpaired) electrons. The summed E-state index contributed by atoms with van der Waals surface area (Å²) in [5, 5.41) is 11.8. The van der Waals surface area contributed by atoms with Crippen LogP contribution in [0.1, 0.15) is 49.7 Å². The fourth-order valence-electron chi connectivity index (χ4n) is 3.50. The van der Waals surface area contributed by atoms with Crippen molar-refractivity contribution in [2.24, 2.45) is 4.99 Å². The van der Waals surface area contributed by atoms with Crippen molar-refractivity contribution in [2.75, 3.05) is 33.8 Å². The van der Waals surface area contributed by atoms with Crippen LogP contribution in [-0.2, 0) is 16.1 Å². The zero-order valence-electron chi connectivity index (χ0n) is 19.2. The van der Waals surface area contributed by atoms with Crippen LogP contribution in [-0.4, -0.2) is 67.7 Å². The van der Waals surface area contributed by atoms with Gasteiger partial charge < -0.3 is 19.9 Å². The van der Waals surface area contributed by atoms with Crippen molar-refractivity contribution in [3.8, 4) is 6.07 Å². The molecule has 1 aliphatic rings. The molecule has 1 aromatic carbocycles. The highest BCUT2D eigenvalue weighted by Gasteiger charge is 2.23. The van der Waals surface area contributed by atoms with Gasteiger partial charge in [0.1, 0.15) is 11.4 Å². The third-order valence-electron chi connectivity index (χ3n) is 5.39. The fourth-order valence-corrected chi connectivity index (χ4v) is 4.51. The van der Waals surface area contributed by atoms with E-state index >= 15 is 0 Å². The van der Waals surface area contributed by atoms with Gasteiger partial charge in [-0.1, -0.05) is 18.2 Å². The molecule has 0 saturated carbocycles. The van der Waals surface area contributed by atoms with E-state index in [1.165, 1.54) is 18.4 Å². The highest BCUT2D eigenvalue weighted by atomic mass is 32.1. The van der Waals surface area contributed by atoms with Gasteiger partial charge in [-0.05, 0) is 37.0 Å². The van der Waals surface area contributed by atoms with Crippen LogP contribution in [0.4, 0.5) is 5.69 Å². The maximum absolute atomic E-state index is 13.3. The Hall–Kier alpha value is -3.71. The maximum Gasteiger partial charge on any atom is 0.325 e. The number of amides is 2. The summed E-state index contributed by atoms with van der Waals surface area (Å²) in [5.74, 6) is -1.36. The molecule has 1 aromatic heterocycles. The van der Waals surface area contributed by atoms with Gasteiger partial charge in [-0.3, -0.25) is 14.4 Å². The van der Waals surface area contributed by atoms with Crippen LogP contribution < -0.4 is 5.32 Å². The molecule has 1 N–H and O–H groups in total. The van der Waals surface area contributed by atoms with Gasteiger partial charge in [-0.2, -0.15) is 5.26 Å². The minimum atomic E-state index is -0.569. The zero-order chi connectivity index (χ0) is 24.5. The second-order valence-electron chi connectivity index (χ2n) is 7.86. The quantitative estimate of drug-likeness (QED) is 0.352. The summed E-state index contributed by atoms with van der Waals surface area (Å²) < 4.78 is 4.55. The van der Waals surface area contributed by atoms with Crippen LogP contribution in [0.25, 0.3) is 0 Å². The first-order valence-corrected chi connectivity index (χ1v) is 11.7. The number of nitriles is 1. The average molecular weight is 482 g/mol. The number of esters is 1. The van der Waals surface area contributed by atoms with E-state index in [0.717, 1.165) is 42.8 Å². The Balaban J connectivity index is 1.84. The molecule has 0 bridgehead atoms. The zero-order valence-corrected chi connectivity index (χ0v) is 20.1. The predicted octanol–water partition coefficient (Wildman–Crippen LogP) is 2.94. The molecular formula is C24H27N5O4S. The lowest BCUT2D eigenvalue weighted by molar-refractivity contribution is -0.139. The Kier molecular flexibility index (Phi) is 8.76. The third-order valence-corrected chi connectivity index (χ3v) is 6.51. The van der Waals surface area contributed by atoms with E-state index in [1.807, 2.05) is 6.07 Å². The van der Waals surface area contributed by atoms with Crippen molar-refractivity contribution < 1.29 is 19.1 Å². The van der Waals surface area contributed by atoms with Crippen LogP contribution in [0.3, 0.4) is 0 Å². The minimum absolute atomic E-state index is 0.236. The molecule has 3 rings (SSSR count). The monoisotopic (exact) mass is 481 g/mol. The fraction of sp³-hybridized carbons (Fsp3) is 0.375. The van der Waals surface area contributed by atoms with Crippen molar-refractivity contribution in [2.45, 2.75) is 25.8 Å². The average Bonchev–Trinajstić information content (AvgIpc) is 3.30. The van der Waals surface area contributed by atoms with Crippen molar-refractivity contribution >= 4 is 41.1 Å². The van der Waals surface area contributed by atoms with Crippen molar-refractivity contribution in [3.63, 3.8) is 0 Å². The Labute approximate surface area is 202 Å². The number of nitrogens with one attached hydrogen (secondary N) is 1. The van der Waals surface area contributed by atoms with E-state index in [4.69, 9.17) is 0 Å². The predicted molar refractivity (Wildman–Crippen MR) is 129 cm³/mol. The molecule has 2 amide bonds. The van der Waals surface area contributed by atoms with Crippen LogP contribution in [0.5, 0.6) is 0 Å². The van der Waals surface area contributed by atoms with Gasteiger partial charge in [0.2, 0.25) is 0 Å². The smallest absolute Gasteiger partial charge is 0.325 e. The van der Waals surface area contributed by atoms with Gasteiger partial charge >= 0.3 is 5.97 Å². The number of nitrogens with zero attached hydrogens (tertiary/aromatic N) is 4. The second-order valence-corrected chi connectivity index (χ2v) is 8.91. The number of carbonyl (C=O) groups is 3. The van der Waals surface area contributed by atoms with Gasteiger partial charge in [-0.25, -0.2) is 4.99 Å². The Morgan fingerprint density at radius 1 is 1.26 bits per heavy atom. The largest absolute Gasteiger partial charge is 0.468 e. The first-order valence-electron chi connectivity index (χ1n) is 10.9. The summed E-state index contributed by atoms with van der Waals surface area (Å²) in [7, 11) is 2.88. The second kappa shape index (κ2) is 12.0. The summed E-state index contributed by atoms with van der Waals surface area (Å²) in [6.45, 7) is 1.76. The van der Waals surface area contributed by atoms with E-state index < -0.39 is 11.9 Å². The molecule has 178 valence electrons. The van der Waals surface area contributed by atoms with Gasteiger partial charge in [0, 0.05) is 26.7 Å². The van der Waals surface area contributed by atoms with Crippen LogP contribution in [0, 0.1) is 11.3 Å². The number of methoxy groups -OCH3 is 1. The molecule has 1 aliphatic heterocycles. The van der Waals surface area contributed by atoms with E-state index in [1.54, 1.807) is 37.7 Å². The number of hydrogen-bond donors (Lipinski definition) is 1. The van der Waals surface area contributed by atoms with Gasteiger partial charge in [0.05, 0.1) is 35.6 Å². The summed E-state index contributed by atoms with van der Waals surface area (Å²) in [5.41, 5.74) is 1.62. The summed E-state index contributed by atoms with van der Waals surface area (Å²) in [6.07, 6.45) is 5.08. The van der Waals surface area contributed by atoms with Crippen LogP contribution in [0.15, 0.2) is 35.3 Å². The number of hydrogen-bond acceptors (Lipinski definition) is 7. The highest BCUT2D eigenvalue weighted by molar-refractivity contribution is 7.16.